The lowest BCUT2D eigenvalue weighted by Gasteiger charge is -2.10. The highest BCUT2D eigenvalue weighted by atomic mass is 16.2. The van der Waals surface area contributed by atoms with Crippen LogP contribution >= 0.6 is 0 Å². The molecule has 4 N–H and O–H groups in total. The number of nitrogens with two attached hydrogens (primary N) is 1. The number of nitrogens with one attached hydrogen (secondary N) is 1. The maximum absolute atomic E-state index is 8.83. The summed E-state index contributed by atoms with van der Waals surface area (Å²) in [5.74, 6) is 0. The molecule has 72 valence electrons. The van der Waals surface area contributed by atoms with E-state index in [1.165, 1.54) is 0 Å². The van der Waals surface area contributed by atoms with Gasteiger partial charge in [-0.1, -0.05) is 0 Å². The van der Waals surface area contributed by atoms with E-state index in [1.807, 2.05) is 25.1 Å². The van der Waals surface area contributed by atoms with E-state index in [2.05, 4.69) is 5.32 Å². The minimum Gasteiger partial charge on any atom is -0.399 e. The average molecular weight is 180 g/mol. The van der Waals surface area contributed by atoms with Gasteiger partial charge in [0.1, 0.15) is 0 Å². The van der Waals surface area contributed by atoms with Crippen LogP contribution in [0.2, 0.25) is 0 Å². The summed E-state index contributed by atoms with van der Waals surface area (Å²) in [5, 5.41) is 12.1. The zero-order valence-electron chi connectivity index (χ0n) is 7.88. The van der Waals surface area contributed by atoms with Gasteiger partial charge >= 0.3 is 0 Å². The lowest BCUT2D eigenvalue weighted by atomic mass is 10.1. The van der Waals surface area contributed by atoms with E-state index in [4.69, 9.17) is 10.8 Å². The molecule has 0 heterocycles. The van der Waals surface area contributed by atoms with Gasteiger partial charge in [0.15, 0.2) is 0 Å². The highest BCUT2D eigenvalue weighted by molar-refractivity contribution is 5.58. The standard InChI is InChI=1S/C10H16N2O/c1-2-12-10-4-3-9(11)7-8(10)5-6-13/h3-4,7,12-13H,2,5-6,11H2,1H3. The van der Waals surface area contributed by atoms with Gasteiger partial charge < -0.3 is 16.2 Å². The largest absolute Gasteiger partial charge is 0.399 e. The minimum atomic E-state index is 0.155. The Morgan fingerprint density at radius 3 is 2.85 bits per heavy atom. The Morgan fingerprint density at radius 1 is 1.46 bits per heavy atom. The summed E-state index contributed by atoms with van der Waals surface area (Å²) in [4.78, 5) is 0. The first-order valence-electron chi connectivity index (χ1n) is 4.51. The van der Waals surface area contributed by atoms with Crippen molar-refractivity contribution in [3.05, 3.63) is 23.8 Å². The van der Waals surface area contributed by atoms with Crippen LogP contribution in [0.15, 0.2) is 18.2 Å². The van der Waals surface area contributed by atoms with Crippen LogP contribution in [0.4, 0.5) is 11.4 Å². The molecule has 0 aliphatic heterocycles. The molecule has 1 aromatic carbocycles. The van der Waals surface area contributed by atoms with Gasteiger partial charge in [0.2, 0.25) is 0 Å². The fraction of sp³-hybridized carbons (Fsp3) is 0.400. The Morgan fingerprint density at radius 2 is 2.23 bits per heavy atom. The smallest absolute Gasteiger partial charge is 0.0472 e. The van der Waals surface area contributed by atoms with E-state index >= 15 is 0 Å². The second-order valence-corrected chi connectivity index (χ2v) is 2.92. The van der Waals surface area contributed by atoms with E-state index in [9.17, 15) is 0 Å². The van der Waals surface area contributed by atoms with Crippen LogP contribution in [0, 0.1) is 0 Å². The zero-order chi connectivity index (χ0) is 9.68. The third-order valence-corrected chi connectivity index (χ3v) is 1.88. The second kappa shape index (κ2) is 4.72. The predicted octanol–water partition coefficient (Wildman–Crippen LogP) is 1.24. The Hall–Kier alpha value is -1.22. The Balaban J connectivity index is 2.89. The van der Waals surface area contributed by atoms with Crippen LogP contribution in [0.5, 0.6) is 0 Å². The van der Waals surface area contributed by atoms with Crippen molar-refractivity contribution in [1.82, 2.24) is 0 Å². The highest BCUT2D eigenvalue weighted by Crippen LogP contribution is 2.18. The number of anilines is 2. The van der Waals surface area contributed by atoms with Crippen molar-refractivity contribution >= 4 is 11.4 Å². The van der Waals surface area contributed by atoms with Gasteiger partial charge in [-0.3, -0.25) is 0 Å². The van der Waals surface area contributed by atoms with Crippen molar-refractivity contribution in [3.63, 3.8) is 0 Å². The van der Waals surface area contributed by atoms with Gasteiger partial charge in [-0.15, -0.1) is 0 Å². The van der Waals surface area contributed by atoms with Crippen molar-refractivity contribution in [2.45, 2.75) is 13.3 Å². The molecule has 3 nitrogen and oxygen atoms in total. The van der Waals surface area contributed by atoms with Gasteiger partial charge in [0, 0.05) is 24.5 Å². The molecule has 13 heavy (non-hydrogen) atoms. The van der Waals surface area contributed by atoms with E-state index in [1.54, 1.807) is 0 Å². The molecule has 0 saturated carbocycles. The number of hydrogen-bond acceptors (Lipinski definition) is 3. The molecular formula is C10H16N2O. The van der Waals surface area contributed by atoms with Crippen LogP contribution < -0.4 is 11.1 Å². The number of nitrogen functional groups attached to an aromatic ring is 1. The molecule has 0 unspecified atom stereocenters. The first-order valence-corrected chi connectivity index (χ1v) is 4.51. The number of aliphatic hydroxyl groups excluding tert-OH is 1. The SMILES string of the molecule is CCNc1ccc(N)cc1CCO. The summed E-state index contributed by atoms with van der Waals surface area (Å²) >= 11 is 0. The van der Waals surface area contributed by atoms with Gasteiger partial charge in [0.25, 0.3) is 0 Å². The van der Waals surface area contributed by atoms with Crippen molar-refractivity contribution in [1.29, 1.82) is 0 Å². The summed E-state index contributed by atoms with van der Waals surface area (Å²) in [6.45, 7) is 3.07. The molecule has 0 atom stereocenters. The van der Waals surface area contributed by atoms with Crippen LogP contribution in [0.1, 0.15) is 12.5 Å². The topological polar surface area (TPSA) is 58.3 Å². The van der Waals surface area contributed by atoms with E-state index in [0.717, 1.165) is 23.5 Å². The fourth-order valence-electron chi connectivity index (χ4n) is 1.30. The predicted molar refractivity (Wildman–Crippen MR) is 55.8 cm³/mol. The van der Waals surface area contributed by atoms with Crippen molar-refractivity contribution in [2.24, 2.45) is 0 Å². The van der Waals surface area contributed by atoms with E-state index < -0.39 is 0 Å². The molecular weight excluding hydrogens is 164 g/mol. The molecule has 0 radical (unpaired) electrons. The maximum Gasteiger partial charge on any atom is 0.0472 e. The van der Waals surface area contributed by atoms with Gasteiger partial charge in [-0.25, -0.2) is 0 Å². The third-order valence-electron chi connectivity index (χ3n) is 1.88. The fourth-order valence-corrected chi connectivity index (χ4v) is 1.30. The highest BCUT2D eigenvalue weighted by Gasteiger charge is 2.00. The first-order chi connectivity index (χ1) is 6.27. The maximum atomic E-state index is 8.83. The average Bonchev–Trinajstić information content (AvgIpc) is 2.10. The molecule has 0 amide bonds. The lowest BCUT2D eigenvalue weighted by molar-refractivity contribution is 0.300. The summed E-state index contributed by atoms with van der Waals surface area (Å²) in [7, 11) is 0. The Labute approximate surface area is 78.6 Å². The Bertz CT molecular complexity index is 274. The summed E-state index contributed by atoms with van der Waals surface area (Å²) in [6.07, 6.45) is 0.646. The minimum absolute atomic E-state index is 0.155. The van der Waals surface area contributed by atoms with Gasteiger partial charge in [-0.2, -0.15) is 0 Å². The van der Waals surface area contributed by atoms with Crippen LogP contribution in [0.25, 0.3) is 0 Å². The molecule has 0 aliphatic carbocycles. The van der Waals surface area contributed by atoms with Crippen molar-refractivity contribution in [2.75, 3.05) is 24.2 Å². The molecule has 0 fully saturated rings. The molecule has 0 aromatic heterocycles. The number of aliphatic hydroxyl groups is 1. The number of hydrogen-bond donors (Lipinski definition) is 3. The van der Waals surface area contributed by atoms with Gasteiger partial charge in [-0.05, 0) is 37.1 Å². The van der Waals surface area contributed by atoms with E-state index in [-0.39, 0.29) is 6.61 Å². The Kier molecular flexibility index (Phi) is 3.58. The monoisotopic (exact) mass is 180 g/mol. The molecule has 0 bridgehead atoms. The molecule has 3 heteroatoms. The lowest BCUT2D eigenvalue weighted by Crippen LogP contribution is -2.03. The first kappa shape index (κ1) is 9.86. The summed E-state index contributed by atoms with van der Waals surface area (Å²) < 4.78 is 0. The van der Waals surface area contributed by atoms with Crippen molar-refractivity contribution < 1.29 is 5.11 Å². The molecule has 0 aliphatic rings. The van der Waals surface area contributed by atoms with Crippen LogP contribution in [0.3, 0.4) is 0 Å². The second-order valence-electron chi connectivity index (χ2n) is 2.92. The normalized spacial score (nSPS) is 10.0. The number of rotatable bonds is 4. The summed E-state index contributed by atoms with van der Waals surface area (Å²) in [6, 6.07) is 5.71. The quantitative estimate of drug-likeness (QED) is 0.611. The molecule has 0 spiro atoms. The molecule has 1 aromatic rings. The summed E-state index contributed by atoms with van der Waals surface area (Å²) in [5.41, 5.74) is 8.52. The van der Waals surface area contributed by atoms with E-state index in [0.29, 0.717) is 6.42 Å². The third kappa shape index (κ3) is 2.63. The molecule has 1 rings (SSSR count). The van der Waals surface area contributed by atoms with Crippen LogP contribution in [-0.4, -0.2) is 18.3 Å². The van der Waals surface area contributed by atoms with Crippen LogP contribution in [-0.2, 0) is 6.42 Å². The number of benzene rings is 1. The molecule has 0 saturated heterocycles. The zero-order valence-corrected chi connectivity index (χ0v) is 7.88. The van der Waals surface area contributed by atoms with Gasteiger partial charge in [0.05, 0.1) is 0 Å². The van der Waals surface area contributed by atoms with Crippen molar-refractivity contribution in [3.8, 4) is 0 Å².